The van der Waals surface area contributed by atoms with Crippen LogP contribution in [0.3, 0.4) is 0 Å². The van der Waals surface area contributed by atoms with Crippen molar-refractivity contribution in [3.63, 3.8) is 0 Å². The first-order chi connectivity index (χ1) is 9.75. The van der Waals surface area contributed by atoms with Gasteiger partial charge in [-0.1, -0.05) is 28.1 Å². The van der Waals surface area contributed by atoms with Crippen LogP contribution in [0.5, 0.6) is 0 Å². The highest BCUT2D eigenvalue weighted by molar-refractivity contribution is 9.10. The normalized spacial score (nSPS) is 10.9. The SMILES string of the molecule is Cn1nccc1CCNc1nccc2c(Br)cccc12. The summed E-state index contributed by atoms with van der Waals surface area (Å²) >= 11 is 3.57. The van der Waals surface area contributed by atoms with E-state index in [9.17, 15) is 0 Å². The first-order valence-electron chi connectivity index (χ1n) is 6.49. The van der Waals surface area contributed by atoms with E-state index in [0.717, 1.165) is 28.6 Å². The molecule has 4 nitrogen and oxygen atoms in total. The molecule has 102 valence electrons. The van der Waals surface area contributed by atoms with Crippen LogP contribution in [0, 0.1) is 0 Å². The molecule has 0 bridgehead atoms. The van der Waals surface area contributed by atoms with Crippen molar-refractivity contribution in [3.05, 3.63) is 52.9 Å². The van der Waals surface area contributed by atoms with Gasteiger partial charge in [-0.15, -0.1) is 0 Å². The molecule has 20 heavy (non-hydrogen) atoms. The Morgan fingerprint density at radius 2 is 2.05 bits per heavy atom. The van der Waals surface area contributed by atoms with Crippen LogP contribution in [0.4, 0.5) is 5.82 Å². The lowest BCUT2D eigenvalue weighted by Crippen LogP contribution is -2.09. The molecule has 3 rings (SSSR count). The molecule has 0 saturated carbocycles. The van der Waals surface area contributed by atoms with Gasteiger partial charge in [0.15, 0.2) is 0 Å². The number of hydrogen-bond donors (Lipinski definition) is 1. The minimum atomic E-state index is 0.832. The molecule has 0 aliphatic carbocycles. The van der Waals surface area contributed by atoms with Crippen LogP contribution >= 0.6 is 15.9 Å². The maximum atomic E-state index is 4.43. The van der Waals surface area contributed by atoms with Gasteiger partial charge in [0, 0.05) is 53.3 Å². The molecule has 2 aromatic heterocycles. The molecule has 0 spiro atoms. The smallest absolute Gasteiger partial charge is 0.133 e. The minimum absolute atomic E-state index is 0.832. The van der Waals surface area contributed by atoms with Crippen LogP contribution in [-0.2, 0) is 13.5 Å². The van der Waals surface area contributed by atoms with Gasteiger partial charge in [0.1, 0.15) is 5.82 Å². The molecule has 0 amide bonds. The number of anilines is 1. The average Bonchev–Trinajstić information content (AvgIpc) is 2.86. The summed E-state index contributed by atoms with van der Waals surface area (Å²) in [6.07, 6.45) is 4.57. The Labute approximate surface area is 126 Å². The summed E-state index contributed by atoms with van der Waals surface area (Å²) in [5.74, 6) is 0.922. The van der Waals surface area contributed by atoms with Crippen molar-refractivity contribution in [3.8, 4) is 0 Å². The highest BCUT2D eigenvalue weighted by atomic mass is 79.9. The van der Waals surface area contributed by atoms with Gasteiger partial charge in [0.2, 0.25) is 0 Å². The number of benzene rings is 1. The summed E-state index contributed by atoms with van der Waals surface area (Å²) in [5, 5.41) is 9.88. The molecular weight excluding hydrogens is 316 g/mol. The number of nitrogens with one attached hydrogen (secondary N) is 1. The summed E-state index contributed by atoms with van der Waals surface area (Å²) < 4.78 is 2.99. The summed E-state index contributed by atoms with van der Waals surface area (Å²) in [7, 11) is 1.96. The monoisotopic (exact) mass is 330 g/mol. The zero-order chi connectivity index (χ0) is 13.9. The Hall–Kier alpha value is -1.88. The van der Waals surface area contributed by atoms with Gasteiger partial charge in [-0.3, -0.25) is 4.68 Å². The molecule has 0 saturated heterocycles. The van der Waals surface area contributed by atoms with E-state index < -0.39 is 0 Å². The molecule has 0 unspecified atom stereocenters. The van der Waals surface area contributed by atoms with Crippen molar-refractivity contribution in [1.82, 2.24) is 14.8 Å². The summed E-state index contributed by atoms with van der Waals surface area (Å²) in [5.41, 5.74) is 1.21. The number of fused-ring (bicyclic) bond motifs is 1. The van der Waals surface area contributed by atoms with Gasteiger partial charge in [-0.2, -0.15) is 5.10 Å². The molecule has 5 heteroatoms. The van der Waals surface area contributed by atoms with Crippen LogP contribution < -0.4 is 5.32 Å². The Kier molecular flexibility index (Phi) is 3.69. The number of aryl methyl sites for hydroxylation is 1. The second-order valence-corrected chi connectivity index (χ2v) is 5.47. The molecule has 0 atom stereocenters. The van der Waals surface area contributed by atoms with Gasteiger partial charge in [-0.25, -0.2) is 4.98 Å². The van der Waals surface area contributed by atoms with Crippen molar-refractivity contribution < 1.29 is 0 Å². The van der Waals surface area contributed by atoms with Crippen molar-refractivity contribution in [2.45, 2.75) is 6.42 Å². The highest BCUT2D eigenvalue weighted by Crippen LogP contribution is 2.27. The van der Waals surface area contributed by atoms with Gasteiger partial charge >= 0.3 is 0 Å². The zero-order valence-electron chi connectivity index (χ0n) is 11.2. The lowest BCUT2D eigenvalue weighted by Gasteiger charge is -2.09. The van der Waals surface area contributed by atoms with Crippen LogP contribution in [0.2, 0.25) is 0 Å². The number of hydrogen-bond acceptors (Lipinski definition) is 3. The van der Waals surface area contributed by atoms with E-state index in [1.807, 2.05) is 48.4 Å². The third-order valence-corrected chi connectivity index (χ3v) is 4.04. The molecule has 2 heterocycles. The van der Waals surface area contributed by atoms with E-state index in [1.54, 1.807) is 0 Å². The summed E-state index contributed by atoms with van der Waals surface area (Å²) in [6.45, 7) is 0.832. The molecule has 0 aliphatic heterocycles. The fourth-order valence-corrected chi connectivity index (χ4v) is 2.76. The Bertz CT molecular complexity index is 736. The molecule has 3 aromatic rings. The van der Waals surface area contributed by atoms with E-state index in [0.29, 0.717) is 0 Å². The molecular formula is C15H15BrN4. The molecule has 0 radical (unpaired) electrons. The molecule has 1 N–H and O–H groups in total. The fourth-order valence-electron chi connectivity index (χ4n) is 2.27. The topological polar surface area (TPSA) is 42.7 Å². The second-order valence-electron chi connectivity index (χ2n) is 4.62. The predicted molar refractivity (Wildman–Crippen MR) is 84.8 cm³/mol. The third kappa shape index (κ3) is 2.54. The largest absolute Gasteiger partial charge is 0.369 e. The summed E-state index contributed by atoms with van der Waals surface area (Å²) in [4.78, 5) is 4.43. The van der Waals surface area contributed by atoms with Crippen LogP contribution in [0.1, 0.15) is 5.69 Å². The van der Waals surface area contributed by atoms with Crippen molar-refractivity contribution in [1.29, 1.82) is 0 Å². The first-order valence-corrected chi connectivity index (χ1v) is 7.29. The van der Waals surface area contributed by atoms with Gasteiger partial charge in [0.25, 0.3) is 0 Å². The van der Waals surface area contributed by atoms with Gasteiger partial charge in [0.05, 0.1) is 0 Å². The third-order valence-electron chi connectivity index (χ3n) is 3.35. The minimum Gasteiger partial charge on any atom is -0.369 e. The van der Waals surface area contributed by atoms with Crippen molar-refractivity contribution in [2.24, 2.45) is 7.05 Å². The number of pyridine rings is 1. The lowest BCUT2D eigenvalue weighted by molar-refractivity contribution is 0.711. The van der Waals surface area contributed by atoms with Crippen LogP contribution in [0.15, 0.2) is 47.2 Å². The number of rotatable bonds is 4. The van der Waals surface area contributed by atoms with E-state index >= 15 is 0 Å². The molecule has 1 aromatic carbocycles. The number of nitrogens with zero attached hydrogens (tertiary/aromatic N) is 3. The van der Waals surface area contributed by atoms with Crippen LogP contribution in [-0.4, -0.2) is 21.3 Å². The second kappa shape index (κ2) is 5.63. The standard InChI is InChI=1S/C15H15BrN4/c1-20-11(6-10-19-20)5-8-17-15-13-3-2-4-14(16)12(13)7-9-18-15/h2-4,6-7,9-10H,5,8H2,1H3,(H,17,18). The maximum absolute atomic E-state index is 4.43. The van der Waals surface area contributed by atoms with Gasteiger partial charge in [-0.05, 0) is 18.2 Å². The summed E-state index contributed by atoms with van der Waals surface area (Å²) in [6, 6.07) is 10.2. The van der Waals surface area contributed by atoms with E-state index in [1.165, 1.54) is 11.1 Å². The lowest BCUT2D eigenvalue weighted by atomic mass is 10.1. The van der Waals surface area contributed by atoms with E-state index in [-0.39, 0.29) is 0 Å². The number of aromatic nitrogens is 3. The first kappa shape index (κ1) is 13.1. The van der Waals surface area contributed by atoms with E-state index in [2.05, 4.69) is 37.4 Å². The predicted octanol–water partition coefficient (Wildman–Crippen LogP) is 3.39. The van der Waals surface area contributed by atoms with Crippen molar-refractivity contribution >= 4 is 32.5 Å². The zero-order valence-corrected chi connectivity index (χ0v) is 12.8. The quantitative estimate of drug-likeness (QED) is 0.797. The Morgan fingerprint density at radius 3 is 2.85 bits per heavy atom. The molecule has 0 fully saturated rings. The van der Waals surface area contributed by atoms with Crippen LogP contribution in [0.25, 0.3) is 10.8 Å². The Balaban J connectivity index is 1.78. The van der Waals surface area contributed by atoms with Gasteiger partial charge < -0.3 is 5.32 Å². The average molecular weight is 331 g/mol. The van der Waals surface area contributed by atoms with E-state index in [4.69, 9.17) is 0 Å². The highest BCUT2D eigenvalue weighted by Gasteiger charge is 2.05. The Morgan fingerprint density at radius 1 is 1.15 bits per heavy atom. The molecule has 0 aliphatic rings. The van der Waals surface area contributed by atoms with Crippen molar-refractivity contribution in [2.75, 3.05) is 11.9 Å². The number of halogens is 1. The fraction of sp³-hybridized carbons (Fsp3) is 0.200. The maximum Gasteiger partial charge on any atom is 0.133 e.